The third-order valence-electron chi connectivity index (χ3n) is 19.0. The number of H-pyrrole nitrogens is 3. The summed E-state index contributed by atoms with van der Waals surface area (Å²) < 4.78 is 1.56. The minimum atomic E-state index is -1.81. The van der Waals surface area contributed by atoms with Crippen LogP contribution in [0.3, 0.4) is 0 Å². The summed E-state index contributed by atoms with van der Waals surface area (Å²) in [6, 6.07) is 7.27. The summed E-state index contributed by atoms with van der Waals surface area (Å²) in [5, 5.41) is 53.2. The predicted octanol–water partition coefficient (Wildman–Crippen LogP) is -4.44. The van der Waals surface area contributed by atoms with E-state index in [-0.39, 0.29) is 75.9 Å². The summed E-state index contributed by atoms with van der Waals surface area (Å²) >= 11 is 0.823. The fraction of sp³-hybridized carbons (Fsp3) is 0.421. The number of benzene rings is 3. The number of nitrogens with one attached hydrogen (secondary N) is 17. The van der Waals surface area contributed by atoms with Gasteiger partial charge in [-0.15, -0.1) is 11.8 Å². The molecule has 1 saturated heterocycles. The van der Waals surface area contributed by atoms with Gasteiger partial charge >= 0.3 is 0 Å². The lowest BCUT2D eigenvalue weighted by Gasteiger charge is -2.33. The Kier molecular flexibility index (Phi) is 33.5. The van der Waals surface area contributed by atoms with Gasteiger partial charge in [0.25, 0.3) is 0 Å². The number of rotatable bonds is 22. The number of aromatic nitrogens is 7. The number of thioether (sulfide) groups is 1. The minimum absolute atomic E-state index is 0.00159. The highest BCUT2D eigenvalue weighted by atomic mass is 32.2. The summed E-state index contributed by atoms with van der Waals surface area (Å²) in [5.74, 6) is -14.7. The van der Waals surface area contributed by atoms with Crippen molar-refractivity contribution < 1.29 is 72.2 Å². The lowest BCUT2D eigenvalue weighted by atomic mass is 9.99. The number of nitrogens with two attached hydrogens (primary N) is 2. The number of amides is 14. The van der Waals surface area contributed by atoms with E-state index in [4.69, 9.17) is 16.9 Å². The fourth-order valence-corrected chi connectivity index (χ4v) is 13.5. The topological polar surface area (TPSA) is 586 Å². The van der Waals surface area contributed by atoms with Gasteiger partial charge in [-0.3, -0.25) is 72.5 Å². The van der Waals surface area contributed by atoms with Crippen molar-refractivity contribution >= 4 is 111 Å². The molecule has 620 valence electrons. The van der Waals surface area contributed by atoms with Crippen LogP contribution in [0.1, 0.15) is 73.9 Å². The number of carbonyl (C=O) groups is 14. The number of primary amides is 1. The molecule has 4 aromatic heterocycles. The maximum Gasteiger partial charge on any atom is 0.245 e. The Bertz CT molecular complexity index is 4540. The number of imidazole rings is 3. The van der Waals surface area contributed by atoms with Crippen LogP contribution in [0.5, 0.6) is 0 Å². The first-order valence-electron chi connectivity index (χ1n) is 37.5. The van der Waals surface area contributed by atoms with Crippen LogP contribution in [0.25, 0.3) is 10.9 Å². The molecule has 1 aliphatic heterocycles. The maximum absolute atomic E-state index is 15.2. The molecule has 0 saturated carbocycles. The zero-order chi connectivity index (χ0) is 84.0. The highest BCUT2D eigenvalue weighted by Crippen LogP contribution is 2.21. The number of para-hydroxylation sites is 1. The Morgan fingerprint density at radius 3 is 1.72 bits per heavy atom. The Morgan fingerprint density at radius 1 is 0.586 bits per heavy atom. The van der Waals surface area contributed by atoms with E-state index in [9.17, 15) is 57.8 Å². The van der Waals surface area contributed by atoms with Crippen LogP contribution in [-0.4, -0.2) is 244 Å². The summed E-state index contributed by atoms with van der Waals surface area (Å²) in [5.41, 5.74) is 14.0. The van der Waals surface area contributed by atoms with E-state index in [1.165, 1.54) is 38.3 Å². The van der Waals surface area contributed by atoms with E-state index in [2.05, 4.69) is 99.0 Å². The van der Waals surface area contributed by atoms with Crippen LogP contribution >= 0.6 is 11.8 Å². The number of guanidine groups is 1. The largest absolute Gasteiger partial charge is 0.394 e. The molecule has 8 rings (SSSR count). The Labute approximate surface area is 671 Å². The number of hydrogen-bond acceptors (Lipinski definition) is 20. The molecular weight excluding hydrogens is 1520 g/mol. The molecule has 5 heterocycles. The van der Waals surface area contributed by atoms with Crippen LogP contribution in [-0.2, 0) is 113 Å². The van der Waals surface area contributed by atoms with Crippen molar-refractivity contribution in [1.29, 1.82) is 5.41 Å². The molecule has 3 aromatic carbocycles. The molecule has 39 nitrogen and oxygen atoms in total. The van der Waals surface area contributed by atoms with Gasteiger partial charge in [0.1, 0.15) is 72.3 Å². The number of carbonyl (C=O) groups excluding carboxylic acids is 14. The van der Waals surface area contributed by atoms with E-state index in [0.717, 1.165) is 16.7 Å². The van der Waals surface area contributed by atoms with Gasteiger partial charge in [-0.1, -0.05) is 99.6 Å². The molecule has 11 atom stereocenters. The van der Waals surface area contributed by atoms with Crippen LogP contribution in [0, 0.1) is 11.3 Å². The van der Waals surface area contributed by atoms with Gasteiger partial charge in [-0.25, -0.2) is 15.0 Å². The Morgan fingerprint density at radius 2 is 1.12 bits per heavy atom. The molecule has 7 aromatic rings. The van der Waals surface area contributed by atoms with E-state index in [0.29, 0.717) is 39.0 Å². The first kappa shape index (κ1) is 88.6. The number of aliphatic hydroxyl groups excluding tert-OH is 1. The molecule has 0 aliphatic carbocycles. The fourth-order valence-electron chi connectivity index (χ4n) is 12.6. The van der Waals surface area contributed by atoms with Gasteiger partial charge in [-0.2, -0.15) is 0 Å². The highest BCUT2D eigenvalue weighted by Gasteiger charge is 2.39. The first-order valence-corrected chi connectivity index (χ1v) is 38.7. The second-order valence-electron chi connectivity index (χ2n) is 28.0. The molecule has 22 N–H and O–H groups in total. The van der Waals surface area contributed by atoms with Gasteiger partial charge in [0, 0.05) is 118 Å². The van der Waals surface area contributed by atoms with Gasteiger partial charge < -0.3 is 110 Å². The number of aryl methyl sites for hydroxylation is 1. The number of aliphatic hydroxyl groups is 1. The number of nitrogens with zero attached hydrogens (tertiary/aromatic N) is 5. The van der Waals surface area contributed by atoms with Crippen molar-refractivity contribution in [3.8, 4) is 0 Å². The third-order valence-corrected chi connectivity index (χ3v) is 20.0. The van der Waals surface area contributed by atoms with Crippen LogP contribution in [0.15, 0.2) is 129 Å². The molecule has 14 amide bonds. The molecule has 40 heteroatoms. The molecular formula is C76H100N24O15S. The van der Waals surface area contributed by atoms with Crippen LogP contribution < -0.4 is 80.6 Å². The quantitative estimate of drug-likeness (QED) is 0.0173. The standard InChI is InChI=1S/C76H100N24O15S/c1-6-49-67(107)94-56(31-61-82-24-25-99(61)4)70(110)97-58(66(106)85-35-60(77)102)38-116-39-63(104)89-52(26-43-16-9-7-10-17-43)71(111)98-64(42(2)3)74(114)96-53(28-45-32-84-50-21-14-13-20-48(45)50)68(108)93-54(29-46-33-80-40-87-46)65(105)86-36-62(103)90-57(37-101)72(112)92-51(22-15-23-83-76(78)79)75(115)100(5)59(27-44-18-11-8-12-19-44)73(113)95-55(69(109)91-49)30-47-34-81-41-88-47/h7-14,16-21,24-25,32-34,40-42,49,51-59,64,84,101H,6,15,22-23,26-31,35-39H2,1-5H3,(H2,77,102)(H,80,87)(H,81,88)(H,85,106)(H,86,105)(H,89,104)(H,90,103)(H,91,109)(H,92,112)(H,93,108)(H,94,107)(H,95,113)(H,96,114)(H,97,110)(H,98,111)(H4,78,79,83)/t49-,51-,52-,53-,54-,55-,56-,57-,58-,59-,64-/m0/s1. The van der Waals surface area contributed by atoms with Crippen LogP contribution in [0.2, 0.25) is 0 Å². The summed E-state index contributed by atoms with van der Waals surface area (Å²) in [6.45, 7) is 2.19. The van der Waals surface area contributed by atoms with Gasteiger partial charge in [-0.05, 0) is 47.9 Å². The molecule has 116 heavy (non-hydrogen) atoms. The van der Waals surface area contributed by atoms with Crippen LogP contribution in [0.4, 0.5) is 0 Å². The van der Waals surface area contributed by atoms with Gasteiger partial charge in [0.05, 0.1) is 38.1 Å². The minimum Gasteiger partial charge on any atom is -0.394 e. The highest BCUT2D eigenvalue weighted by molar-refractivity contribution is 8.00. The molecule has 1 fully saturated rings. The molecule has 0 spiro atoms. The van der Waals surface area contributed by atoms with E-state index >= 15 is 14.4 Å². The molecule has 1 aliphatic rings. The average molecular weight is 1620 g/mol. The van der Waals surface area contributed by atoms with Crippen molar-refractivity contribution in [3.05, 3.63) is 162 Å². The monoisotopic (exact) mass is 1620 g/mol. The lowest BCUT2D eigenvalue weighted by molar-refractivity contribution is -0.143. The smallest absolute Gasteiger partial charge is 0.245 e. The number of fused-ring (bicyclic) bond motifs is 1. The third kappa shape index (κ3) is 26.8. The molecule has 0 radical (unpaired) electrons. The van der Waals surface area contributed by atoms with E-state index < -0.39 is 186 Å². The SMILES string of the molecule is CC[C@@H]1NC(=O)[C@H](Cc2cnc[nH]2)NC(=O)[C@H](Cc2ccccc2)N(C)C(=O)[C@H](CCCNC(=N)N)NC(=O)[C@H](CO)NC(=O)CNC(=O)[C@H](Cc2cnc[nH]2)NC(=O)[C@H](Cc2c[nH]c3ccccc23)NC(=O)[C@H](C(C)C)NC(=O)[C@H](Cc2ccccc2)NC(=O)CSC[C@@H](C(=O)NCC(N)=O)NC(=O)[C@H](Cc2nccn2C)NC1=O. The zero-order valence-corrected chi connectivity index (χ0v) is 65.4. The zero-order valence-electron chi connectivity index (χ0n) is 64.6. The Hall–Kier alpha value is -13.0. The van der Waals surface area contributed by atoms with Gasteiger partial charge in [0.2, 0.25) is 82.7 Å². The normalized spacial score (nSPS) is 22.4. The van der Waals surface area contributed by atoms with E-state index in [1.807, 2.05) is 0 Å². The van der Waals surface area contributed by atoms with Crippen molar-refractivity contribution in [1.82, 2.24) is 108 Å². The maximum atomic E-state index is 15.2. The first-order chi connectivity index (χ1) is 55.6. The predicted molar refractivity (Wildman–Crippen MR) is 424 cm³/mol. The second kappa shape index (κ2) is 43.9. The van der Waals surface area contributed by atoms with Gasteiger partial charge in [0.15, 0.2) is 5.96 Å². The van der Waals surface area contributed by atoms with Crippen molar-refractivity contribution in [2.45, 2.75) is 145 Å². The second-order valence-corrected chi connectivity index (χ2v) is 29.0. The molecule has 0 unspecified atom stereocenters. The Balaban J connectivity index is 1.16. The number of likely N-dealkylation sites (N-methyl/N-ethyl adjacent to an activating group) is 1. The van der Waals surface area contributed by atoms with E-state index in [1.54, 1.807) is 130 Å². The van der Waals surface area contributed by atoms with Crippen molar-refractivity contribution in [2.24, 2.45) is 24.4 Å². The average Bonchev–Trinajstić information content (AvgIpc) is 1.70. The summed E-state index contributed by atoms with van der Waals surface area (Å²) in [4.78, 5) is 225. The number of aromatic amines is 3. The summed E-state index contributed by atoms with van der Waals surface area (Å²) in [6.07, 6.45) is 8.36. The molecule has 0 bridgehead atoms. The summed E-state index contributed by atoms with van der Waals surface area (Å²) in [7, 11) is 2.90. The van der Waals surface area contributed by atoms with Crippen molar-refractivity contribution in [3.63, 3.8) is 0 Å². The lowest BCUT2D eigenvalue weighted by Crippen LogP contribution is -2.61. The van der Waals surface area contributed by atoms with Crippen molar-refractivity contribution in [2.75, 3.05) is 44.8 Å². The number of hydrogen-bond donors (Lipinski definition) is 20.